The van der Waals surface area contributed by atoms with E-state index in [1.165, 1.54) is 25.1 Å². The summed E-state index contributed by atoms with van der Waals surface area (Å²) in [7, 11) is 1.33. The Kier molecular flexibility index (Phi) is 5.13. The van der Waals surface area contributed by atoms with Gasteiger partial charge in [0.15, 0.2) is 11.4 Å². The van der Waals surface area contributed by atoms with Gasteiger partial charge in [-0.15, -0.1) is 0 Å². The Morgan fingerprint density at radius 2 is 2.43 bits per heavy atom. The second-order valence-electron chi connectivity index (χ2n) is 4.56. The summed E-state index contributed by atoms with van der Waals surface area (Å²) < 4.78 is 10.1. The number of carbonyl (C=O) groups is 2. The molecule has 1 saturated heterocycles. The predicted molar refractivity (Wildman–Crippen MR) is 77.8 cm³/mol. The van der Waals surface area contributed by atoms with Crippen molar-refractivity contribution < 1.29 is 19.1 Å². The first kappa shape index (κ1) is 15.7. The standard InChI is InChI=1S/C13H17N3O4S/c1-8-10(7-20-8)16(5-11(18)19-2)12-9(6-17)4-14-13(15-12)21-3/h4,6,8,10H,5,7H2,1-3H3. The molecule has 1 aliphatic heterocycles. The van der Waals surface area contributed by atoms with E-state index in [-0.39, 0.29) is 18.7 Å². The Morgan fingerprint density at radius 3 is 2.90 bits per heavy atom. The third-order valence-corrected chi connectivity index (χ3v) is 3.92. The molecule has 0 bridgehead atoms. The first-order valence-electron chi connectivity index (χ1n) is 6.42. The number of thioether (sulfide) groups is 1. The molecule has 2 unspecified atom stereocenters. The van der Waals surface area contributed by atoms with Gasteiger partial charge >= 0.3 is 5.97 Å². The van der Waals surface area contributed by atoms with Crippen molar-refractivity contribution in [3.63, 3.8) is 0 Å². The molecule has 7 nitrogen and oxygen atoms in total. The molecule has 0 saturated carbocycles. The number of esters is 1. The molecule has 1 fully saturated rings. The van der Waals surface area contributed by atoms with Gasteiger partial charge in [0.2, 0.25) is 0 Å². The van der Waals surface area contributed by atoms with Crippen LogP contribution in [0.5, 0.6) is 0 Å². The monoisotopic (exact) mass is 311 g/mol. The highest BCUT2D eigenvalue weighted by Crippen LogP contribution is 2.27. The number of hydrogen-bond acceptors (Lipinski definition) is 8. The van der Waals surface area contributed by atoms with Gasteiger partial charge in [-0.05, 0) is 13.2 Å². The maximum absolute atomic E-state index is 11.7. The molecule has 1 aromatic heterocycles. The van der Waals surface area contributed by atoms with Gasteiger partial charge in [0.05, 0.1) is 31.4 Å². The Balaban J connectivity index is 2.39. The summed E-state index contributed by atoms with van der Waals surface area (Å²) >= 11 is 1.37. The Labute approximate surface area is 127 Å². The summed E-state index contributed by atoms with van der Waals surface area (Å²) in [5, 5.41) is 0.540. The van der Waals surface area contributed by atoms with Gasteiger partial charge in [-0.1, -0.05) is 11.8 Å². The van der Waals surface area contributed by atoms with Crippen LogP contribution in [0.2, 0.25) is 0 Å². The van der Waals surface area contributed by atoms with Gasteiger partial charge < -0.3 is 14.4 Å². The molecular formula is C13H17N3O4S. The predicted octanol–water partition coefficient (Wildman–Crippen LogP) is 0.778. The van der Waals surface area contributed by atoms with Gasteiger partial charge in [-0.25, -0.2) is 9.97 Å². The van der Waals surface area contributed by atoms with Crippen LogP contribution in [0, 0.1) is 0 Å². The zero-order chi connectivity index (χ0) is 15.4. The van der Waals surface area contributed by atoms with Crippen molar-refractivity contribution in [2.75, 3.05) is 31.4 Å². The van der Waals surface area contributed by atoms with E-state index in [0.717, 1.165) is 0 Å². The van der Waals surface area contributed by atoms with Gasteiger partial charge in [0, 0.05) is 6.20 Å². The zero-order valence-corrected chi connectivity index (χ0v) is 12.9. The molecule has 0 amide bonds. The van der Waals surface area contributed by atoms with Crippen LogP contribution in [0.1, 0.15) is 17.3 Å². The molecule has 2 heterocycles. The minimum atomic E-state index is -0.393. The number of aromatic nitrogens is 2. The van der Waals surface area contributed by atoms with Gasteiger partial charge in [-0.2, -0.15) is 0 Å². The van der Waals surface area contributed by atoms with Crippen LogP contribution < -0.4 is 4.90 Å². The number of hydrogen-bond donors (Lipinski definition) is 0. The molecule has 0 aromatic carbocycles. The van der Waals surface area contributed by atoms with Crippen molar-refractivity contribution in [3.05, 3.63) is 11.8 Å². The summed E-state index contributed by atoms with van der Waals surface area (Å²) in [6.45, 7) is 2.41. The van der Waals surface area contributed by atoms with Gasteiger partial charge in [0.1, 0.15) is 12.4 Å². The Hall–Kier alpha value is -1.67. The number of nitrogens with zero attached hydrogens (tertiary/aromatic N) is 3. The number of ether oxygens (including phenoxy) is 2. The first-order valence-corrected chi connectivity index (χ1v) is 7.64. The van der Waals surface area contributed by atoms with E-state index in [1.807, 2.05) is 13.2 Å². The lowest BCUT2D eigenvalue weighted by Crippen LogP contribution is -2.57. The summed E-state index contributed by atoms with van der Waals surface area (Å²) in [6.07, 6.45) is 3.96. The molecule has 0 N–H and O–H groups in total. The van der Waals surface area contributed by atoms with Crippen molar-refractivity contribution in [2.45, 2.75) is 24.2 Å². The lowest BCUT2D eigenvalue weighted by atomic mass is 10.1. The summed E-state index contributed by atoms with van der Waals surface area (Å²) in [5.41, 5.74) is 0.343. The smallest absolute Gasteiger partial charge is 0.325 e. The van der Waals surface area contributed by atoms with E-state index in [0.29, 0.717) is 29.4 Å². The quantitative estimate of drug-likeness (QED) is 0.330. The number of anilines is 1. The molecule has 1 aromatic rings. The maximum Gasteiger partial charge on any atom is 0.325 e. The van der Waals surface area contributed by atoms with Crippen LogP contribution in [-0.2, 0) is 14.3 Å². The molecular weight excluding hydrogens is 294 g/mol. The number of rotatable bonds is 6. The van der Waals surface area contributed by atoms with Gasteiger partial charge in [0.25, 0.3) is 0 Å². The highest BCUT2D eigenvalue weighted by molar-refractivity contribution is 7.98. The second-order valence-corrected chi connectivity index (χ2v) is 5.34. The van der Waals surface area contributed by atoms with Crippen molar-refractivity contribution in [2.24, 2.45) is 0 Å². The summed E-state index contributed by atoms with van der Waals surface area (Å²) in [6, 6.07) is -0.0209. The van der Waals surface area contributed by atoms with Crippen molar-refractivity contribution in [1.29, 1.82) is 0 Å². The molecule has 0 radical (unpaired) electrons. The third-order valence-electron chi connectivity index (χ3n) is 3.35. The van der Waals surface area contributed by atoms with Crippen molar-refractivity contribution in [3.8, 4) is 0 Å². The molecule has 8 heteroatoms. The second kappa shape index (κ2) is 6.86. The number of aldehydes is 1. The van der Waals surface area contributed by atoms with Crippen molar-refractivity contribution in [1.82, 2.24) is 9.97 Å². The molecule has 0 aliphatic carbocycles. The highest BCUT2D eigenvalue weighted by Gasteiger charge is 2.36. The lowest BCUT2D eigenvalue weighted by Gasteiger charge is -2.42. The van der Waals surface area contributed by atoms with E-state index in [2.05, 4.69) is 9.97 Å². The molecule has 1 aliphatic rings. The SMILES string of the molecule is COC(=O)CN(c1nc(SC)ncc1C=O)C1COC1C. The van der Waals surface area contributed by atoms with Crippen LogP contribution >= 0.6 is 11.8 Å². The van der Waals surface area contributed by atoms with E-state index >= 15 is 0 Å². The average molecular weight is 311 g/mol. The van der Waals surface area contributed by atoms with Crippen LogP contribution in [0.3, 0.4) is 0 Å². The number of carbonyl (C=O) groups excluding carboxylic acids is 2. The first-order chi connectivity index (χ1) is 10.1. The van der Waals surface area contributed by atoms with Crippen LogP contribution in [0.25, 0.3) is 0 Å². The fraction of sp³-hybridized carbons (Fsp3) is 0.538. The molecule has 0 spiro atoms. The van der Waals surface area contributed by atoms with Crippen molar-refractivity contribution >= 4 is 29.8 Å². The zero-order valence-electron chi connectivity index (χ0n) is 12.1. The Bertz CT molecular complexity index is 540. The maximum atomic E-state index is 11.7. The fourth-order valence-electron chi connectivity index (χ4n) is 2.05. The number of methoxy groups -OCH3 is 1. The van der Waals surface area contributed by atoms with E-state index in [9.17, 15) is 9.59 Å². The van der Waals surface area contributed by atoms with Crippen LogP contribution in [0.15, 0.2) is 11.4 Å². The highest BCUT2D eigenvalue weighted by atomic mass is 32.2. The summed E-state index contributed by atoms with van der Waals surface area (Å²) in [5.74, 6) is 0.0464. The molecule has 2 atom stereocenters. The topological polar surface area (TPSA) is 81.6 Å². The molecule has 2 rings (SSSR count). The minimum Gasteiger partial charge on any atom is -0.468 e. The normalized spacial score (nSPS) is 20.5. The van der Waals surface area contributed by atoms with Crippen LogP contribution in [-0.4, -0.2) is 60.9 Å². The molecule has 21 heavy (non-hydrogen) atoms. The Morgan fingerprint density at radius 1 is 1.67 bits per heavy atom. The van der Waals surface area contributed by atoms with Crippen LogP contribution in [0.4, 0.5) is 5.82 Å². The van der Waals surface area contributed by atoms with E-state index in [1.54, 1.807) is 4.90 Å². The average Bonchev–Trinajstić information content (AvgIpc) is 2.51. The minimum absolute atomic E-state index is 0.0144. The van der Waals surface area contributed by atoms with E-state index in [4.69, 9.17) is 9.47 Å². The van der Waals surface area contributed by atoms with E-state index < -0.39 is 5.97 Å². The third kappa shape index (κ3) is 3.33. The molecule has 114 valence electrons. The summed E-state index contributed by atoms with van der Waals surface area (Å²) in [4.78, 5) is 33.1. The fourth-order valence-corrected chi connectivity index (χ4v) is 2.38. The largest absolute Gasteiger partial charge is 0.468 e. The lowest BCUT2D eigenvalue weighted by molar-refractivity contribution is -0.139. The van der Waals surface area contributed by atoms with Gasteiger partial charge in [-0.3, -0.25) is 9.59 Å².